The number of amides is 1. The third kappa shape index (κ3) is 3.81. The van der Waals surface area contributed by atoms with E-state index in [2.05, 4.69) is 25.7 Å². The van der Waals surface area contributed by atoms with Gasteiger partial charge in [-0.3, -0.25) is 4.79 Å². The van der Waals surface area contributed by atoms with Gasteiger partial charge in [0, 0.05) is 18.4 Å². The molecule has 0 saturated heterocycles. The van der Waals surface area contributed by atoms with Crippen LogP contribution in [-0.4, -0.2) is 38.2 Å². The highest BCUT2D eigenvalue weighted by Gasteiger charge is 2.15. The molecule has 1 aliphatic rings. The number of carbonyl (C=O) groups is 1. The van der Waals surface area contributed by atoms with E-state index in [0.717, 1.165) is 18.5 Å². The molecule has 3 rings (SSSR count). The smallest absolute Gasteiger partial charge is 0.250 e. The van der Waals surface area contributed by atoms with Crippen molar-refractivity contribution in [2.24, 2.45) is 0 Å². The molecule has 0 spiro atoms. The number of nitrogens with zero attached hydrogens (tertiary/aromatic N) is 4. The zero-order valence-corrected chi connectivity index (χ0v) is 12.4. The fourth-order valence-electron chi connectivity index (χ4n) is 2.64. The lowest BCUT2D eigenvalue weighted by Crippen LogP contribution is -2.39. The SMILES string of the molecule is O=C(CNc1cnn(-c2ncccn2)c1)NC1CCCCC1. The summed E-state index contributed by atoms with van der Waals surface area (Å²) in [5.74, 6) is 0.526. The molecule has 0 aliphatic heterocycles. The molecule has 1 saturated carbocycles. The van der Waals surface area contributed by atoms with Gasteiger partial charge in [0.15, 0.2) is 0 Å². The minimum absolute atomic E-state index is 0.0237. The summed E-state index contributed by atoms with van der Waals surface area (Å²) in [6, 6.07) is 2.09. The normalized spacial score (nSPS) is 15.5. The molecule has 1 amide bonds. The number of aromatic nitrogens is 4. The van der Waals surface area contributed by atoms with Gasteiger partial charge in [-0.1, -0.05) is 19.3 Å². The minimum atomic E-state index is 0.0237. The first kappa shape index (κ1) is 14.5. The Balaban J connectivity index is 1.49. The second-order valence-corrected chi connectivity index (χ2v) is 5.48. The molecule has 22 heavy (non-hydrogen) atoms. The molecule has 7 nitrogen and oxygen atoms in total. The van der Waals surface area contributed by atoms with Gasteiger partial charge in [0.05, 0.1) is 24.6 Å². The lowest BCUT2D eigenvalue weighted by Gasteiger charge is -2.22. The Morgan fingerprint density at radius 2 is 2.00 bits per heavy atom. The highest BCUT2D eigenvalue weighted by atomic mass is 16.1. The second kappa shape index (κ2) is 7.02. The maximum atomic E-state index is 11.9. The van der Waals surface area contributed by atoms with Crippen LogP contribution in [0.2, 0.25) is 0 Å². The van der Waals surface area contributed by atoms with Crippen molar-refractivity contribution in [3.8, 4) is 5.95 Å². The second-order valence-electron chi connectivity index (χ2n) is 5.48. The van der Waals surface area contributed by atoms with Gasteiger partial charge in [-0.05, 0) is 18.9 Å². The van der Waals surface area contributed by atoms with E-state index in [0.29, 0.717) is 12.0 Å². The van der Waals surface area contributed by atoms with Crippen LogP contribution in [0.15, 0.2) is 30.9 Å². The number of hydrogen-bond donors (Lipinski definition) is 2. The highest BCUT2D eigenvalue weighted by Crippen LogP contribution is 2.17. The molecule has 0 atom stereocenters. The molecule has 2 N–H and O–H groups in total. The largest absolute Gasteiger partial charge is 0.374 e. The third-order valence-corrected chi connectivity index (χ3v) is 3.76. The Labute approximate surface area is 129 Å². The van der Waals surface area contributed by atoms with E-state index in [1.165, 1.54) is 19.3 Å². The fraction of sp³-hybridized carbons (Fsp3) is 0.467. The lowest BCUT2D eigenvalue weighted by molar-refractivity contribution is -0.120. The molecule has 7 heteroatoms. The maximum Gasteiger partial charge on any atom is 0.250 e. The number of anilines is 1. The third-order valence-electron chi connectivity index (χ3n) is 3.76. The Morgan fingerprint density at radius 1 is 1.23 bits per heavy atom. The first-order valence-electron chi connectivity index (χ1n) is 7.66. The summed E-state index contributed by atoms with van der Waals surface area (Å²) in [6.07, 6.45) is 12.6. The van der Waals surface area contributed by atoms with E-state index in [9.17, 15) is 4.79 Å². The van der Waals surface area contributed by atoms with Gasteiger partial charge in [0.1, 0.15) is 0 Å². The van der Waals surface area contributed by atoms with Crippen LogP contribution in [0, 0.1) is 0 Å². The Kier molecular flexibility index (Phi) is 4.62. The van der Waals surface area contributed by atoms with E-state index in [-0.39, 0.29) is 12.5 Å². The number of rotatable bonds is 5. The van der Waals surface area contributed by atoms with Crippen LogP contribution in [0.25, 0.3) is 5.95 Å². The molecular weight excluding hydrogens is 280 g/mol. The van der Waals surface area contributed by atoms with Crippen molar-refractivity contribution in [1.29, 1.82) is 0 Å². The summed E-state index contributed by atoms with van der Waals surface area (Å²) in [7, 11) is 0. The van der Waals surface area contributed by atoms with Crippen molar-refractivity contribution in [3.05, 3.63) is 30.9 Å². The van der Waals surface area contributed by atoms with Gasteiger partial charge >= 0.3 is 0 Å². The van der Waals surface area contributed by atoms with Crippen LogP contribution >= 0.6 is 0 Å². The van der Waals surface area contributed by atoms with E-state index < -0.39 is 0 Å². The number of nitrogens with one attached hydrogen (secondary N) is 2. The van der Waals surface area contributed by atoms with Crippen LogP contribution in [0.1, 0.15) is 32.1 Å². The van der Waals surface area contributed by atoms with Crippen molar-refractivity contribution in [2.45, 2.75) is 38.1 Å². The van der Waals surface area contributed by atoms with Crippen LogP contribution in [0.3, 0.4) is 0 Å². The van der Waals surface area contributed by atoms with E-state index in [4.69, 9.17) is 0 Å². The number of hydrogen-bond acceptors (Lipinski definition) is 5. The van der Waals surface area contributed by atoms with Crippen LogP contribution in [-0.2, 0) is 4.79 Å². The van der Waals surface area contributed by atoms with Crippen molar-refractivity contribution in [3.63, 3.8) is 0 Å². The van der Waals surface area contributed by atoms with Gasteiger partial charge < -0.3 is 10.6 Å². The summed E-state index contributed by atoms with van der Waals surface area (Å²) in [6.45, 7) is 0.248. The number of carbonyl (C=O) groups excluding carboxylic acids is 1. The average molecular weight is 300 g/mol. The quantitative estimate of drug-likeness (QED) is 0.874. The predicted octanol–water partition coefficient (Wildman–Crippen LogP) is 1.52. The van der Waals surface area contributed by atoms with Crippen LogP contribution < -0.4 is 10.6 Å². The molecule has 0 radical (unpaired) electrons. The maximum absolute atomic E-state index is 11.9. The molecule has 2 aromatic rings. The van der Waals surface area contributed by atoms with Crippen molar-refractivity contribution < 1.29 is 4.79 Å². The first-order valence-corrected chi connectivity index (χ1v) is 7.66. The van der Waals surface area contributed by atoms with E-state index in [1.54, 1.807) is 35.5 Å². The van der Waals surface area contributed by atoms with Gasteiger partial charge in [-0.2, -0.15) is 5.10 Å². The molecule has 1 fully saturated rings. The van der Waals surface area contributed by atoms with Gasteiger partial charge in [-0.15, -0.1) is 0 Å². The first-order chi connectivity index (χ1) is 10.8. The molecule has 1 aliphatic carbocycles. The zero-order valence-electron chi connectivity index (χ0n) is 12.4. The van der Waals surface area contributed by atoms with Crippen molar-refractivity contribution in [2.75, 3.05) is 11.9 Å². The minimum Gasteiger partial charge on any atom is -0.374 e. The topological polar surface area (TPSA) is 84.7 Å². The van der Waals surface area contributed by atoms with Gasteiger partial charge in [0.25, 0.3) is 0 Å². The molecule has 2 aromatic heterocycles. The van der Waals surface area contributed by atoms with E-state index in [1.807, 2.05) is 0 Å². The molecule has 116 valence electrons. The van der Waals surface area contributed by atoms with Crippen LogP contribution in [0.5, 0.6) is 0 Å². The van der Waals surface area contributed by atoms with Crippen LogP contribution in [0.4, 0.5) is 5.69 Å². The molecule has 0 aromatic carbocycles. The van der Waals surface area contributed by atoms with Gasteiger partial charge in [-0.25, -0.2) is 14.6 Å². The molecule has 2 heterocycles. The Bertz CT molecular complexity index is 606. The average Bonchev–Trinajstić information content (AvgIpc) is 3.04. The van der Waals surface area contributed by atoms with Gasteiger partial charge in [0.2, 0.25) is 11.9 Å². The lowest BCUT2D eigenvalue weighted by atomic mass is 9.95. The molecular formula is C15H20N6O. The summed E-state index contributed by atoms with van der Waals surface area (Å²) in [5, 5.41) is 10.3. The zero-order chi connectivity index (χ0) is 15.2. The Morgan fingerprint density at radius 3 is 2.77 bits per heavy atom. The monoisotopic (exact) mass is 300 g/mol. The van der Waals surface area contributed by atoms with Crippen molar-refractivity contribution >= 4 is 11.6 Å². The predicted molar refractivity (Wildman–Crippen MR) is 82.7 cm³/mol. The summed E-state index contributed by atoms with van der Waals surface area (Å²) in [4.78, 5) is 20.2. The molecule has 0 bridgehead atoms. The standard InChI is InChI=1S/C15H20N6O/c22-14(20-12-5-2-1-3-6-12)10-18-13-9-19-21(11-13)15-16-7-4-8-17-15/h4,7-9,11-12,18H,1-3,5-6,10H2,(H,20,22). The van der Waals surface area contributed by atoms with Crippen molar-refractivity contribution in [1.82, 2.24) is 25.1 Å². The Hall–Kier alpha value is -2.44. The van der Waals surface area contributed by atoms with E-state index >= 15 is 0 Å². The summed E-state index contributed by atoms with van der Waals surface area (Å²) in [5.41, 5.74) is 0.770. The molecule has 0 unspecified atom stereocenters. The highest BCUT2D eigenvalue weighted by molar-refractivity contribution is 5.80. The summed E-state index contributed by atoms with van der Waals surface area (Å²) < 4.78 is 1.57. The summed E-state index contributed by atoms with van der Waals surface area (Å²) >= 11 is 0. The fourth-order valence-corrected chi connectivity index (χ4v) is 2.64.